The second-order valence-corrected chi connectivity index (χ2v) is 5.49. The zero-order valence-electron chi connectivity index (χ0n) is 12.1. The van der Waals surface area contributed by atoms with Crippen LogP contribution in [-0.4, -0.2) is 14.7 Å². The number of anilines is 1. The molecule has 112 valence electrons. The van der Waals surface area contributed by atoms with Crippen LogP contribution in [0.5, 0.6) is 5.75 Å². The van der Waals surface area contributed by atoms with Crippen molar-refractivity contribution in [2.45, 2.75) is 6.54 Å². The van der Waals surface area contributed by atoms with Crippen molar-refractivity contribution in [2.24, 2.45) is 7.05 Å². The van der Waals surface area contributed by atoms with Crippen LogP contribution in [0.4, 0.5) is 5.95 Å². The summed E-state index contributed by atoms with van der Waals surface area (Å²) in [5.74, 6) is 1.04. The minimum atomic E-state index is 0.265. The molecule has 0 radical (unpaired) electrons. The van der Waals surface area contributed by atoms with Crippen LogP contribution in [0.15, 0.2) is 54.7 Å². The number of hydrogen-bond donors (Lipinski definition) is 2. The van der Waals surface area contributed by atoms with Crippen LogP contribution in [0.2, 0.25) is 5.02 Å². The van der Waals surface area contributed by atoms with Gasteiger partial charge in [-0.15, -0.1) is 0 Å². The second kappa shape index (κ2) is 6.12. The summed E-state index contributed by atoms with van der Waals surface area (Å²) < 4.78 is 1.99. The molecule has 0 fully saturated rings. The van der Waals surface area contributed by atoms with E-state index in [1.165, 1.54) is 0 Å². The van der Waals surface area contributed by atoms with Crippen molar-refractivity contribution in [2.75, 3.05) is 5.32 Å². The first-order valence-electron chi connectivity index (χ1n) is 6.93. The lowest BCUT2D eigenvalue weighted by molar-refractivity contribution is 0.474. The normalized spacial score (nSPS) is 10.6. The van der Waals surface area contributed by atoms with Crippen LogP contribution in [-0.2, 0) is 13.6 Å². The number of benzene rings is 2. The van der Waals surface area contributed by atoms with Crippen molar-refractivity contribution in [3.05, 3.63) is 65.3 Å². The smallest absolute Gasteiger partial charge is 0.203 e. The molecule has 1 heterocycles. The van der Waals surface area contributed by atoms with Crippen LogP contribution in [0.1, 0.15) is 5.56 Å². The minimum Gasteiger partial charge on any atom is -0.508 e. The Morgan fingerprint density at radius 3 is 2.68 bits per heavy atom. The Morgan fingerprint density at radius 2 is 1.95 bits per heavy atom. The van der Waals surface area contributed by atoms with Gasteiger partial charge in [0.25, 0.3) is 0 Å². The van der Waals surface area contributed by atoms with Crippen LogP contribution in [0.25, 0.3) is 11.3 Å². The van der Waals surface area contributed by atoms with Crippen LogP contribution in [0.3, 0.4) is 0 Å². The second-order valence-electron chi connectivity index (χ2n) is 5.06. The van der Waals surface area contributed by atoms with E-state index in [0.29, 0.717) is 11.6 Å². The summed E-state index contributed by atoms with van der Waals surface area (Å²) in [5.41, 5.74) is 3.07. The Labute approximate surface area is 134 Å². The van der Waals surface area contributed by atoms with Gasteiger partial charge in [-0.2, -0.15) is 0 Å². The summed E-state index contributed by atoms with van der Waals surface area (Å²) in [6, 6.07) is 14.8. The largest absolute Gasteiger partial charge is 0.508 e. The molecule has 0 atom stereocenters. The molecule has 22 heavy (non-hydrogen) atoms. The van der Waals surface area contributed by atoms with Gasteiger partial charge in [0.2, 0.25) is 5.95 Å². The zero-order chi connectivity index (χ0) is 15.5. The number of phenols is 1. The van der Waals surface area contributed by atoms with E-state index < -0.39 is 0 Å². The molecule has 0 saturated carbocycles. The first kappa shape index (κ1) is 14.5. The van der Waals surface area contributed by atoms with Gasteiger partial charge in [-0.3, -0.25) is 0 Å². The molecule has 1 aromatic heterocycles. The van der Waals surface area contributed by atoms with Gasteiger partial charge in [-0.05, 0) is 35.4 Å². The third-order valence-corrected chi connectivity index (χ3v) is 3.74. The predicted octanol–water partition coefficient (Wildman–Crippen LogP) is 4.06. The number of halogens is 1. The van der Waals surface area contributed by atoms with E-state index in [9.17, 15) is 5.11 Å². The molecule has 0 amide bonds. The zero-order valence-corrected chi connectivity index (χ0v) is 12.9. The minimum absolute atomic E-state index is 0.265. The van der Waals surface area contributed by atoms with E-state index in [-0.39, 0.29) is 5.75 Å². The Balaban J connectivity index is 1.77. The van der Waals surface area contributed by atoms with Gasteiger partial charge < -0.3 is 15.0 Å². The lowest BCUT2D eigenvalue weighted by atomic mass is 10.2. The highest BCUT2D eigenvalue weighted by Crippen LogP contribution is 2.24. The van der Waals surface area contributed by atoms with E-state index in [4.69, 9.17) is 11.6 Å². The average Bonchev–Trinajstić information content (AvgIpc) is 2.87. The highest BCUT2D eigenvalue weighted by molar-refractivity contribution is 6.30. The fourth-order valence-electron chi connectivity index (χ4n) is 2.31. The maximum Gasteiger partial charge on any atom is 0.203 e. The first-order chi connectivity index (χ1) is 10.6. The molecule has 4 nitrogen and oxygen atoms in total. The number of nitrogens with one attached hydrogen (secondary N) is 1. The van der Waals surface area contributed by atoms with E-state index in [1.807, 2.05) is 54.2 Å². The van der Waals surface area contributed by atoms with Crippen molar-refractivity contribution in [3.63, 3.8) is 0 Å². The monoisotopic (exact) mass is 313 g/mol. The Hall–Kier alpha value is -2.46. The molecule has 0 aliphatic carbocycles. The molecule has 0 saturated heterocycles. The Kier molecular flexibility index (Phi) is 4.02. The number of nitrogens with zero attached hydrogens (tertiary/aromatic N) is 2. The first-order valence-corrected chi connectivity index (χ1v) is 7.31. The molecular weight excluding hydrogens is 298 g/mol. The number of aromatic nitrogens is 2. The number of phenolic OH excluding ortho intramolecular Hbond substituents is 1. The van der Waals surface area contributed by atoms with E-state index in [2.05, 4.69) is 10.3 Å². The summed E-state index contributed by atoms with van der Waals surface area (Å²) in [6.07, 6.45) is 1.83. The molecule has 5 heteroatoms. The van der Waals surface area contributed by atoms with Gasteiger partial charge in [0.15, 0.2) is 0 Å². The van der Waals surface area contributed by atoms with Crippen LogP contribution in [0, 0.1) is 0 Å². The SMILES string of the molecule is Cn1c(-c2ccc(Cl)cc2)cnc1NCc1cccc(O)c1. The van der Waals surface area contributed by atoms with E-state index in [0.717, 1.165) is 22.8 Å². The van der Waals surface area contributed by atoms with Gasteiger partial charge in [-0.1, -0.05) is 35.9 Å². The topological polar surface area (TPSA) is 50.1 Å². The number of imidazole rings is 1. The van der Waals surface area contributed by atoms with Gasteiger partial charge in [0.1, 0.15) is 5.75 Å². The number of rotatable bonds is 4. The number of hydrogen-bond acceptors (Lipinski definition) is 3. The van der Waals surface area contributed by atoms with Crippen molar-refractivity contribution in [1.82, 2.24) is 9.55 Å². The van der Waals surface area contributed by atoms with E-state index >= 15 is 0 Å². The Bertz CT molecular complexity index is 781. The highest BCUT2D eigenvalue weighted by Gasteiger charge is 2.08. The summed E-state index contributed by atoms with van der Waals surface area (Å²) in [6.45, 7) is 0.597. The average molecular weight is 314 g/mol. The van der Waals surface area contributed by atoms with Crippen molar-refractivity contribution < 1.29 is 5.11 Å². The van der Waals surface area contributed by atoms with Crippen LogP contribution < -0.4 is 5.32 Å². The van der Waals surface area contributed by atoms with Gasteiger partial charge >= 0.3 is 0 Å². The number of aromatic hydroxyl groups is 1. The molecule has 3 aromatic rings. The van der Waals surface area contributed by atoms with Crippen molar-refractivity contribution >= 4 is 17.5 Å². The summed E-state index contributed by atoms with van der Waals surface area (Å²) in [5, 5.41) is 13.5. The third-order valence-electron chi connectivity index (χ3n) is 3.49. The fraction of sp³-hybridized carbons (Fsp3) is 0.118. The fourth-order valence-corrected chi connectivity index (χ4v) is 2.44. The van der Waals surface area contributed by atoms with Gasteiger partial charge in [0, 0.05) is 18.6 Å². The maximum absolute atomic E-state index is 9.48. The molecule has 2 N–H and O–H groups in total. The predicted molar refractivity (Wildman–Crippen MR) is 89.1 cm³/mol. The lowest BCUT2D eigenvalue weighted by Crippen LogP contribution is -2.05. The molecule has 3 rings (SSSR count). The lowest BCUT2D eigenvalue weighted by Gasteiger charge is -2.09. The summed E-state index contributed by atoms with van der Waals surface area (Å²) in [4.78, 5) is 4.41. The summed E-state index contributed by atoms with van der Waals surface area (Å²) in [7, 11) is 1.96. The quantitative estimate of drug-likeness (QED) is 0.763. The molecule has 2 aromatic carbocycles. The molecule has 0 spiro atoms. The highest BCUT2D eigenvalue weighted by atomic mass is 35.5. The molecule has 0 unspecified atom stereocenters. The maximum atomic E-state index is 9.48. The molecule has 0 bridgehead atoms. The summed E-state index contributed by atoms with van der Waals surface area (Å²) >= 11 is 5.92. The Morgan fingerprint density at radius 1 is 1.18 bits per heavy atom. The molecular formula is C17H16ClN3O. The van der Waals surface area contributed by atoms with E-state index in [1.54, 1.807) is 12.1 Å². The van der Waals surface area contributed by atoms with Gasteiger partial charge in [0.05, 0.1) is 11.9 Å². The van der Waals surface area contributed by atoms with Gasteiger partial charge in [-0.25, -0.2) is 4.98 Å². The molecule has 0 aliphatic heterocycles. The molecule has 0 aliphatic rings. The standard InChI is InChI=1S/C17H16ClN3O/c1-21-16(13-5-7-14(18)8-6-13)11-20-17(21)19-10-12-3-2-4-15(22)9-12/h2-9,11,22H,10H2,1H3,(H,19,20). The van der Waals surface area contributed by atoms with Crippen LogP contribution >= 0.6 is 11.6 Å². The third kappa shape index (κ3) is 3.07. The van der Waals surface area contributed by atoms with Crippen molar-refractivity contribution in [1.29, 1.82) is 0 Å². The van der Waals surface area contributed by atoms with Crippen molar-refractivity contribution in [3.8, 4) is 17.0 Å².